The quantitative estimate of drug-likeness (QED) is 0.487. The summed E-state index contributed by atoms with van der Waals surface area (Å²) in [5.74, 6) is 0.555. The molecule has 1 aromatic heterocycles. The minimum atomic E-state index is -0.697. The second-order valence-electron chi connectivity index (χ2n) is 6.22. The van der Waals surface area contributed by atoms with Gasteiger partial charge < -0.3 is 20.2 Å². The van der Waals surface area contributed by atoms with E-state index in [1.165, 1.54) is 7.11 Å². The topological polar surface area (TPSA) is 125 Å². The van der Waals surface area contributed by atoms with E-state index in [1.54, 1.807) is 30.3 Å². The number of hydrogen-bond donors (Lipinski definition) is 2. The number of aromatic nitrogens is 1. The first-order chi connectivity index (χ1) is 14.8. The SMILES string of the molecule is COc1cc(-c2c(C#N)c(N)[nH]c(=O)c2C#N)c(Br)cc1OCc1ccc(Cl)cc1Cl. The van der Waals surface area contributed by atoms with Crippen molar-refractivity contribution in [3.05, 3.63) is 71.9 Å². The number of nitrogens with two attached hydrogens (primary N) is 1. The molecular formula is C21H13BrCl2N4O3. The molecule has 10 heteroatoms. The van der Waals surface area contributed by atoms with Gasteiger partial charge in [0.05, 0.1) is 7.11 Å². The first-order valence-electron chi connectivity index (χ1n) is 8.61. The highest BCUT2D eigenvalue weighted by Gasteiger charge is 2.22. The molecule has 0 fully saturated rings. The maximum atomic E-state index is 12.2. The number of methoxy groups -OCH3 is 1. The van der Waals surface area contributed by atoms with E-state index in [1.807, 2.05) is 12.1 Å². The lowest BCUT2D eigenvalue weighted by atomic mass is 9.96. The minimum absolute atomic E-state index is 0.0273. The smallest absolute Gasteiger partial charge is 0.268 e. The van der Waals surface area contributed by atoms with Gasteiger partial charge in [-0.25, -0.2) is 0 Å². The van der Waals surface area contributed by atoms with E-state index < -0.39 is 5.56 Å². The Kier molecular flexibility index (Phi) is 6.77. The number of nitrogen functional groups attached to an aromatic ring is 1. The van der Waals surface area contributed by atoms with Crippen LogP contribution in [0.25, 0.3) is 11.1 Å². The summed E-state index contributed by atoms with van der Waals surface area (Å²) in [4.78, 5) is 14.5. The third-order valence-corrected chi connectivity index (χ3v) is 5.63. The molecule has 0 radical (unpaired) electrons. The lowest BCUT2D eigenvalue weighted by Gasteiger charge is -2.16. The number of rotatable bonds is 5. The summed E-state index contributed by atoms with van der Waals surface area (Å²) in [7, 11) is 1.44. The molecule has 0 amide bonds. The van der Waals surface area contributed by atoms with Crippen LogP contribution in [-0.2, 0) is 6.61 Å². The number of benzene rings is 2. The fourth-order valence-electron chi connectivity index (χ4n) is 2.91. The van der Waals surface area contributed by atoms with Gasteiger partial charge in [-0.15, -0.1) is 0 Å². The Morgan fingerprint density at radius 2 is 1.84 bits per heavy atom. The molecule has 0 aliphatic rings. The number of pyridine rings is 1. The van der Waals surface area contributed by atoms with E-state index in [9.17, 15) is 15.3 Å². The van der Waals surface area contributed by atoms with Gasteiger partial charge in [0.1, 0.15) is 35.7 Å². The van der Waals surface area contributed by atoms with Crippen LogP contribution in [0.5, 0.6) is 11.5 Å². The number of nitriles is 2. The fraction of sp³-hybridized carbons (Fsp3) is 0.0952. The molecule has 0 atom stereocenters. The first kappa shape index (κ1) is 22.5. The molecule has 0 aliphatic heterocycles. The van der Waals surface area contributed by atoms with E-state index in [2.05, 4.69) is 20.9 Å². The lowest BCUT2D eigenvalue weighted by molar-refractivity contribution is 0.284. The fourth-order valence-corrected chi connectivity index (χ4v) is 3.89. The zero-order valence-electron chi connectivity index (χ0n) is 15.9. The van der Waals surface area contributed by atoms with Crippen molar-refractivity contribution in [3.63, 3.8) is 0 Å². The number of hydrogen-bond acceptors (Lipinski definition) is 6. The molecule has 2 aromatic carbocycles. The monoisotopic (exact) mass is 518 g/mol. The normalized spacial score (nSPS) is 10.3. The number of nitrogens with one attached hydrogen (secondary N) is 1. The summed E-state index contributed by atoms with van der Waals surface area (Å²) in [6.45, 7) is 0.142. The van der Waals surface area contributed by atoms with Gasteiger partial charge in [0, 0.05) is 31.2 Å². The van der Waals surface area contributed by atoms with E-state index >= 15 is 0 Å². The van der Waals surface area contributed by atoms with Crippen LogP contribution in [0.15, 0.2) is 39.6 Å². The van der Waals surface area contributed by atoms with Gasteiger partial charge in [0.25, 0.3) is 5.56 Å². The Bertz CT molecular complexity index is 1330. The third-order valence-electron chi connectivity index (χ3n) is 4.39. The molecule has 0 saturated carbocycles. The van der Waals surface area contributed by atoms with Crippen molar-refractivity contribution in [2.45, 2.75) is 6.61 Å². The summed E-state index contributed by atoms with van der Waals surface area (Å²) in [6.07, 6.45) is 0. The molecule has 3 rings (SSSR count). The van der Waals surface area contributed by atoms with Crippen LogP contribution in [0.1, 0.15) is 16.7 Å². The van der Waals surface area contributed by atoms with Crippen LogP contribution in [0.2, 0.25) is 10.0 Å². The Morgan fingerprint density at radius 1 is 1.13 bits per heavy atom. The van der Waals surface area contributed by atoms with Gasteiger partial charge in [-0.1, -0.05) is 45.2 Å². The van der Waals surface area contributed by atoms with Gasteiger partial charge in [-0.2, -0.15) is 10.5 Å². The Labute approximate surface area is 195 Å². The lowest BCUT2D eigenvalue weighted by Crippen LogP contribution is -2.16. The largest absolute Gasteiger partial charge is 0.493 e. The first-order valence-corrected chi connectivity index (χ1v) is 10.2. The Hall–Kier alpha value is -3.17. The number of aromatic amines is 1. The number of halogens is 3. The molecule has 7 nitrogen and oxygen atoms in total. The number of nitrogens with zero attached hydrogens (tertiary/aromatic N) is 2. The summed E-state index contributed by atoms with van der Waals surface area (Å²) < 4.78 is 11.7. The molecule has 3 aromatic rings. The summed E-state index contributed by atoms with van der Waals surface area (Å²) in [5.41, 5.74) is 6.03. The maximum absolute atomic E-state index is 12.2. The average Bonchev–Trinajstić information content (AvgIpc) is 2.73. The highest BCUT2D eigenvalue weighted by Crippen LogP contribution is 2.41. The van der Waals surface area contributed by atoms with Crippen molar-refractivity contribution >= 4 is 44.9 Å². The van der Waals surface area contributed by atoms with Crippen LogP contribution in [0.4, 0.5) is 5.82 Å². The van der Waals surface area contributed by atoms with Crippen LogP contribution >= 0.6 is 39.1 Å². The van der Waals surface area contributed by atoms with Crippen molar-refractivity contribution < 1.29 is 9.47 Å². The van der Waals surface area contributed by atoms with E-state index in [0.29, 0.717) is 37.1 Å². The molecule has 0 spiro atoms. The molecule has 0 saturated heterocycles. The van der Waals surface area contributed by atoms with Crippen LogP contribution < -0.4 is 20.8 Å². The molecule has 3 N–H and O–H groups in total. The van der Waals surface area contributed by atoms with E-state index in [0.717, 1.165) is 0 Å². The van der Waals surface area contributed by atoms with Crippen molar-refractivity contribution in [1.82, 2.24) is 4.98 Å². The molecule has 0 unspecified atom stereocenters. The molecule has 1 heterocycles. The predicted octanol–water partition coefficient (Wildman–Crippen LogP) is 5.02. The Balaban J connectivity index is 2.10. The summed E-state index contributed by atoms with van der Waals surface area (Å²) >= 11 is 15.5. The second-order valence-corrected chi connectivity index (χ2v) is 7.92. The van der Waals surface area contributed by atoms with Crippen LogP contribution in [-0.4, -0.2) is 12.1 Å². The zero-order valence-corrected chi connectivity index (χ0v) is 19.0. The van der Waals surface area contributed by atoms with Crippen molar-refractivity contribution in [3.8, 4) is 34.8 Å². The average molecular weight is 520 g/mol. The standard InChI is InChI=1S/C21H13BrCl2N4O3/c1-30-17-5-12(19-13(7-25)20(27)28-21(29)14(19)8-26)15(22)6-18(17)31-9-10-2-3-11(23)4-16(10)24/h2-6H,9H2,1H3,(H3,27,28,29). The second kappa shape index (κ2) is 9.32. The number of H-pyrrole nitrogens is 1. The van der Waals surface area contributed by atoms with Gasteiger partial charge in [0.2, 0.25) is 0 Å². The van der Waals surface area contributed by atoms with Crippen LogP contribution in [0, 0.1) is 22.7 Å². The summed E-state index contributed by atoms with van der Waals surface area (Å²) in [5, 5.41) is 20.0. The highest BCUT2D eigenvalue weighted by atomic mass is 79.9. The third kappa shape index (κ3) is 4.47. The predicted molar refractivity (Wildman–Crippen MR) is 121 cm³/mol. The molecule has 0 bridgehead atoms. The van der Waals surface area contributed by atoms with Crippen molar-refractivity contribution in [2.75, 3.05) is 12.8 Å². The maximum Gasteiger partial charge on any atom is 0.268 e. The number of ether oxygens (including phenoxy) is 2. The minimum Gasteiger partial charge on any atom is -0.493 e. The Morgan fingerprint density at radius 3 is 2.45 bits per heavy atom. The number of anilines is 1. The molecular weight excluding hydrogens is 507 g/mol. The van der Waals surface area contributed by atoms with Crippen LogP contribution in [0.3, 0.4) is 0 Å². The van der Waals surface area contributed by atoms with Gasteiger partial charge in [-0.05, 0) is 24.3 Å². The summed E-state index contributed by atoms with van der Waals surface area (Å²) in [6, 6.07) is 12.0. The molecule has 31 heavy (non-hydrogen) atoms. The zero-order chi connectivity index (χ0) is 22.7. The van der Waals surface area contributed by atoms with E-state index in [-0.39, 0.29) is 29.1 Å². The van der Waals surface area contributed by atoms with Gasteiger partial charge in [-0.3, -0.25) is 4.79 Å². The van der Waals surface area contributed by atoms with Crippen molar-refractivity contribution in [2.24, 2.45) is 0 Å². The molecule has 0 aliphatic carbocycles. The van der Waals surface area contributed by atoms with Gasteiger partial charge >= 0.3 is 0 Å². The molecule has 156 valence electrons. The van der Waals surface area contributed by atoms with Gasteiger partial charge in [0.15, 0.2) is 11.5 Å². The van der Waals surface area contributed by atoms with Crippen molar-refractivity contribution in [1.29, 1.82) is 10.5 Å². The highest BCUT2D eigenvalue weighted by molar-refractivity contribution is 9.10. The van der Waals surface area contributed by atoms with E-state index in [4.69, 9.17) is 38.4 Å².